The van der Waals surface area contributed by atoms with E-state index in [1.807, 2.05) is 6.07 Å². The molecule has 0 radical (unpaired) electrons. The summed E-state index contributed by atoms with van der Waals surface area (Å²) in [5.41, 5.74) is 7.35. The lowest BCUT2D eigenvalue weighted by atomic mass is 10.0. The number of nitrogens with one attached hydrogen (secondary N) is 2. The van der Waals surface area contributed by atoms with Crippen LogP contribution in [0.4, 0.5) is 0 Å². The number of phenolic OH excluding ortho intramolecular Hbond substituents is 1. The van der Waals surface area contributed by atoms with Gasteiger partial charge in [0.15, 0.2) is 0 Å². The molecule has 31 heavy (non-hydrogen) atoms. The van der Waals surface area contributed by atoms with Crippen LogP contribution in [0.15, 0.2) is 54.6 Å². The molecular formula is C23H29N3O5. The van der Waals surface area contributed by atoms with E-state index in [2.05, 4.69) is 10.6 Å². The van der Waals surface area contributed by atoms with Crippen molar-refractivity contribution in [2.75, 3.05) is 0 Å². The number of carboxylic acid groups (broad SMARTS) is 1. The Morgan fingerprint density at radius 1 is 0.839 bits per heavy atom. The third-order valence-corrected chi connectivity index (χ3v) is 4.93. The summed E-state index contributed by atoms with van der Waals surface area (Å²) in [6, 6.07) is 12.2. The molecular weight excluding hydrogens is 398 g/mol. The predicted octanol–water partition coefficient (Wildman–Crippen LogP) is 1.21. The first-order valence-corrected chi connectivity index (χ1v) is 10.1. The zero-order valence-corrected chi connectivity index (χ0v) is 17.6. The fourth-order valence-corrected chi connectivity index (χ4v) is 2.97. The lowest BCUT2D eigenvalue weighted by Crippen LogP contribution is -2.56. The van der Waals surface area contributed by atoms with Crippen LogP contribution in [0, 0.1) is 5.92 Å². The summed E-state index contributed by atoms with van der Waals surface area (Å²) >= 11 is 0. The molecule has 0 bridgehead atoms. The minimum absolute atomic E-state index is 0.0735. The number of carbonyl (C=O) groups excluding carboxylic acids is 2. The number of aromatic hydroxyl groups is 1. The molecule has 6 N–H and O–H groups in total. The van der Waals surface area contributed by atoms with Gasteiger partial charge < -0.3 is 26.6 Å². The van der Waals surface area contributed by atoms with Crippen LogP contribution in [0.2, 0.25) is 0 Å². The van der Waals surface area contributed by atoms with E-state index in [0.29, 0.717) is 5.56 Å². The zero-order valence-electron chi connectivity index (χ0n) is 17.6. The molecule has 8 heteroatoms. The van der Waals surface area contributed by atoms with Crippen LogP contribution in [0.25, 0.3) is 0 Å². The van der Waals surface area contributed by atoms with Gasteiger partial charge in [0.2, 0.25) is 11.8 Å². The fraction of sp³-hybridized carbons (Fsp3) is 0.348. The third-order valence-electron chi connectivity index (χ3n) is 4.93. The smallest absolute Gasteiger partial charge is 0.326 e. The predicted molar refractivity (Wildman–Crippen MR) is 116 cm³/mol. The highest BCUT2D eigenvalue weighted by Crippen LogP contribution is 2.12. The maximum atomic E-state index is 13.0. The molecule has 0 unspecified atom stereocenters. The average Bonchev–Trinajstić information content (AvgIpc) is 2.74. The molecule has 2 amide bonds. The van der Waals surface area contributed by atoms with Crippen molar-refractivity contribution in [3.05, 3.63) is 65.7 Å². The van der Waals surface area contributed by atoms with Gasteiger partial charge in [0.05, 0.1) is 6.04 Å². The topological polar surface area (TPSA) is 142 Å². The summed E-state index contributed by atoms with van der Waals surface area (Å²) in [6.45, 7) is 3.58. The molecule has 166 valence electrons. The number of hydrogen-bond donors (Lipinski definition) is 5. The fourth-order valence-electron chi connectivity index (χ4n) is 2.97. The van der Waals surface area contributed by atoms with Gasteiger partial charge in [-0.25, -0.2) is 4.79 Å². The monoisotopic (exact) mass is 427 g/mol. The maximum absolute atomic E-state index is 13.0. The highest BCUT2D eigenvalue weighted by molar-refractivity contribution is 5.92. The molecule has 2 aromatic rings. The first kappa shape index (κ1) is 23.9. The Morgan fingerprint density at radius 2 is 1.35 bits per heavy atom. The first-order chi connectivity index (χ1) is 14.7. The second-order valence-corrected chi connectivity index (χ2v) is 7.79. The Labute approximate surface area is 181 Å². The third kappa shape index (κ3) is 7.42. The van der Waals surface area contributed by atoms with E-state index < -0.39 is 35.9 Å². The SMILES string of the molecule is CC(C)[C@H](N)C(=O)N[C@@H](Cc1ccc(O)cc1)C(=O)N[C@@H](Cc1ccccc1)C(=O)O. The van der Waals surface area contributed by atoms with Crippen LogP contribution in [-0.4, -0.2) is 46.1 Å². The van der Waals surface area contributed by atoms with Gasteiger partial charge in [0, 0.05) is 12.8 Å². The number of nitrogens with two attached hydrogens (primary N) is 1. The average molecular weight is 428 g/mol. The quantitative estimate of drug-likeness (QED) is 0.386. The number of rotatable bonds is 10. The molecule has 0 spiro atoms. The number of benzene rings is 2. The normalized spacial score (nSPS) is 13.8. The highest BCUT2D eigenvalue weighted by atomic mass is 16.4. The summed E-state index contributed by atoms with van der Waals surface area (Å²) in [4.78, 5) is 37.2. The number of hydrogen-bond acceptors (Lipinski definition) is 5. The summed E-state index contributed by atoms with van der Waals surface area (Å²) < 4.78 is 0. The van der Waals surface area contributed by atoms with Crippen LogP contribution in [0.5, 0.6) is 5.75 Å². The molecule has 0 aliphatic carbocycles. The summed E-state index contributed by atoms with van der Waals surface area (Å²) in [6.07, 6.45) is 0.216. The van der Waals surface area contributed by atoms with Crippen molar-refractivity contribution in [1.29, 1.82) is 0 Å². The highest BCUT2D eigenvalue weighted by Gasteiger charge is 2.29. The maximum Gasteiger partial charge on any atom is 0.326 e. The van der Waals surface area contributed by atoms with Crippen molar-refractivity contribution < 1.29 is 24.6 Å². The van der Waals surface area contributed by atoms with Gasteiger partial charge in [0.1, 0.15) is 17.8 Å². The number of phenols is 1. The zero-order chi connectivity index (χ0) is 23.0. The van der Waals surface area contributed by atoms with Gasteiger partial charge >= 0.3 is 5.97 Å². The first-order valence-electron chi connectivity index (χ1n) is 10.1. The van der Waals surface area contributed by atoms with Gasteiger partial charge in [-0.15, -0.1) is 0 Å². The Kier molecular flexibility index (Phi) is 8.57. The lowest BCUT2D eigenvalue weighted by molar-refractivity contribution is -0.142. The lowest BCUT2D eigenvalue weighted by Gasteiger charge is -2.24. The van der Waals surface area contributed by atoms with Crippen molar-refractivity contribution in [3.63, 3.8) is 0 Å². The minimum atomic E-state index is -1.18. The summed E-state index contributed by atoms with van der Waals surface area (Å²) in [5, 5.41) is 24.2. The Balaban J connectivity index is 2.18. The molecule has 0 fully saturated rings. The molecule has 3 atom stereocenters. The van der Waals surface area contributed by atoms with Gasteiger partial charge in [-0.2, -0.15) is 0 Å². The second kappa shape index (κ2) is 11.1. The Hall–Kier alpha value is -3.39. The minimum Gasteiger partial charge on any atom is -0.508 e. The van der Waals surface area contributed by atoms with E-state index in [-0.39, 0.29) is 24.5 Å². The summed E-state index contributed by atoms with van der Waals surface area (Å²) in [5.74, 6) is -2.36. The van der Waals surface area contributed by atoms with Crippen LogP contribution in [-0.2, 0) is 27.2 Å². The van der Waals surface area contributed by atoms with Crippen molar-refractivity contribution in [3.8, 4) is 5.75 Å². The van der Waals surface area contributed by atoms with E-state index >= 15 is 0 Å². The summed E-state index contributed by atoms with van der Waals surface area (Å²) in [7, 11) is 0. The number of carboxylic acids is 1. The van der Waals surface area contributed by atoms with E-state index in [4.69, 9.17) is 5.73 Å². The molecule has 2 aromatic carbocycles. The van der Waals surface area contributed by atoms with Gasteiger partial charge in [-0.05, 0) is 29.2 Å². The molecule has 0 heterocycles. The van der Waals surface area contributed by atoms with Crippen LogP contribution >= 0.6 is 0 Å². The van der Waals surface area contributed by atoms with Crippen molar-refractivity contribution in [1.82, 2.24) is 10.6 Å². The number of carbonyl (C=O) groups is 3. The van der Waals surface area contributed by atoms with Gasteiger partial charge in [0.25, 0.3) is 0 Å². The van der Waals surface area contributed by atoms with Crippen molar-refractivity contribution in [2.24, 2.45) is 11.7 Å². The van der Waals surface area contributed by atoms with E-state index in [0.717, 1.165) is 5.56 Å². The molecule has 0 aliphatic rings. The molecule has 8 nitrogen and oxygen atoms in total. The number of amides is 2. The molecule has 2 rings (SSSR count). The second-order valence-electron chi connectivity index (χ2n) is 7.79. The molecule has 0 aliphatic heterocycles. The molecule has 0 saturated carbocycles. The van der Waals surface area contributed by atoms with E-state index in [9.17, 15) is 24.6 Å². The van der Waals surface area contributed by atoms with Crippen LogP contribution < -0.4 is 16.4 Å². The largest absolute Gasteiger partial charge is 0.508 e. The van der Waals surface area contributed by atoms with Crippen molar-refractivity contribution >= 4 is 17.8 Å². The molecule has 0 aromatic heterocycles. The standard InChI is InChI=1S/C23H29N3O5/c1-14(2)20(24)22(29)25-18(12-16-8-10-17(27)11-9-16)21(28)26-19(23(30)31)13-15-6-4-3-5-7-15/h3-11,14,18-20,27H,12-13,24H2,1-2H3,(H,25,29)(H,26,28)(H,30,31)/t18-,19-,20-/m0/s1. The van der Waals surface area contributed by atoms with Crippen LogP contribution in [0.3, 0.4) is 0 Å². The van der Waals surface area contributed by atoms with Crippen molar-refractivity contribution in [2.45, 2.75) is 44.8 Å². The van der Waals surface area contributed by atoms with Gasteiger partial charge in [-0.1, -0.05) is 56.3 Å². The van der Waals surface area contributed by atoms with Gasteiger partial charge in [-0.3, -0.25) is 9.59 Å². The number of aliphatic carboxylic acids is 1. The van der Waals surface area contributed by atoms with Crippen LogP contribution in [0.1, 0.15) is 25.0 Å². The van der Waals surface area contributed by atoms with E-state index in [1.165, 1.54) is 12.1 Å². The van der Waals surface area contributed by atoms with E-state index in [1.54, 1.807) is 50.2 Å². The Morgan fingerprint density at radius 3 is 1.90 bits per heavy atom. The Bertz CT molecular complexity index is 884. The molecule has 0 saturated heterocycles.